The number of amides is 2. The van der Waals surface area contributed by atoms with Gasteiger partial charge in [-0.25, -0.2) is 0 Å². The van der Waals surface area contributed by atoms with Crippen molar-refractivity contribution >= 4 is 24.2 Å². The van der Waals surface area contributed by atoms with Gasteiger partial charge in [-0.05, 0) is 12.5 Å². The van der Waals surface area contributed by atoms with E-state index < -0.39 is 0 Å². The third-order valence-corrected chi connectivity index (χ3v) is 3.07. The Hall–Kier alpha value is -1.79. The fourth-order valence-electron chi connectivity index (χ4n) is 1.82. The van der Waals surface area contributed by atoms with Crippen LogP contribution in [0.1, 0.15) is 24.9 Å². The smallest absolute Gasteiger partial charge is 0.259 e. The molecule has 0 aliphatic rings. The van der Waals surface area contributed by atoms with Crippen molar-refractivity contribution in [2.45, 2.75) is 19.4 Å². The largest absolute Gasteiger partial charge is 0.483 e. The Morgan fingerprint density at radius 2 is 1.95 bits per heavy atom. The fraction of sp³-hybridized carbons (Fsp3) is 0.467. The van der Waals surface area contributed by atoms with Gasteiger partial charge in [0.05, 0.1) is 12.6 Å². The van der Waals surface area contributed by atoms with Crippen molar-refractivity contribution in [3.63, 3.8) is 0 Å². The molecule has 1 unspecified atom stereocenters. The van der Waals surface area contributed by atoms with Gasteiger partial charge in [0.1, 0.15) is 5.75 Å². The third kappa shape index (κ3) is 5.91. The molecule has 0 aliphatic carbocycles. The van der Waals surface area contributed by atoms with Gasteiger partial charge in [0.2, 0.25) is 5.91 Å². The predicted molar refractivity (Wildman–Crippen MR) is 88.1 cm³/mol. The maximum Gasteiger partial charge on any atom is 0.259 e. The standard InChI is InChI=1S/C15H23N3O3.ClH/c1-4-12(17-14(19)9-16)11-7-5-6-8-13(11)21-10-15(20)18(2)3;/h5-8,12H,4,9-10,16H2,1-3H3,(H,17,19);1H. The highest BCUT2D eigenvalue weighted by atomic mass is 35.5. The van der Waals surface area contributed by atoms with Crippen LogP contribution in [0, 0.1) is 0 Å². The summed E-state index contributed by atoms with van der Waals surface area (Å²) >= 11 is 0. The summed E-state index contributed by atoms with van der Waals surface area (Å²) in [7, 11) is 3.35. The number of benzene rings is 1. The third-order valence-electron chi connectivity index (χ3n) is 3.07. The first-order valence-corrected chi connectivity index (χ1v) is 6.90. The number of hydrogen-bond acceptors (Lipinski definition) is 4. The predicted octanol–water partition coefficient (Wildman–Crippen LogP) is 1.10. The minimum Gasteiger partial charge on any atom is -0.483 e. The van der Waals surface area contributed by atoms with Crippen molar-refractivity contribution in [2.75, 3.05) is 27.2 Å². The molecule has 0 heterocycles. The van der Waals surface area contributed by atoms with E-state index in [2.05, 4.69) is 5.32 Å². The first-order chi connectivity index (χ1) is 9.99. The van der Waals surface area contributed by atoms with E-state index in [1.54, 1.807) is 20.2 Å². The molecule has 0 bridgehead atoms. The minimum atomic E-state index is -0.221. The van der Waals surface area contributed by atoms with Crippen molar-refractivity contribution in [3.05, 3.63) is 29.8 Å². The summed E-state index contributed by atoms with van der Waals surface area (Å²) in [5.74, 6) is 0.252. The number of carbonyl (C=O) groups is 2. The Morgan fingerprint density at radius 1 is 1.32 bits per heavy atom. The second kappa shape index (κ2) is 10.0. The maximum atomic E-state index is 11.6. The van der Waals surface area contributed by atoms with Crippen molar-refractivity contribution in [1.82, 2.24) is 10.2 Å². The van der Waals surface area contributed by atoms with Gasteiger partial charge in [-0.15, -0.1) is 12.4 Å². The summed E-state index contributed by atoms with van der Waals surface area (Å²) in [6, 6.07) is 7.17. The topological polar surface area (TPSA) is 84.7 Å². The van der Waals surface area contributed by atoms with E-state index in [4.69, 9.17) is 10.5 Å². The lowest BCUT2D eigenvalue weighted by molar-refractivity contribution is -0.130. The molecule has 1 aromatic carbocycles. The molecule has 1 atom stereocenters. The van der Waals surface area contributed by atoms with Crippen molar-refractivity contribution < 1.29 is 14.3 Å². The summed E-state index contributed by atoms with van der Waals surface area (Å²) in [6.45, 7) is 1.87. The minimum absolute atomic E-state index is 0. The van der Waals surface area contributed by atoms with Gasteiger partial charge in [0.15, 0.2) is 6.61 Å². The van der Waals surface area contributed by atoms with Gasteiger partial charge in [-0.2, -0.15) is 0 Å². The van der Waals surface area contributed by atoms with Crippen LogP contribution < -0.4 is 15.8 Å². The molecule has 6 nitrogen and oxygen atoms in total. The number of nitrogens with zero attached hydrogens (tertiary/aromatic N) is 1. The normalized spacial score (nSPS) is 11.1. The van der Waals surface area contributed by atoms with Gasteiger partial charge in [-0.1, -0.05) is 25.1 Å². The summed E-state index contributed by atoms with van der Waals surface area (Å²) in [5.41, 5.74) is 6.17. The van der Waals surface area contributed by atoms with E-state index in [1.165, 1.54) is 4.90 Å². The van der Waals surface area contributed by atoms with Gasteiger partial charge in [-0.3, -0.25) is 9.59 Å². The Balaban J connectivity index is 0.00000441. The van der Waals surface area contributed by atoms with E-state index in [9.17, 15) is 9.59 Å². The second-order valence-corrected chi connectivity index (χ2v) is 4.85. The van der Waals surface area contributed by atoms with E-state index in [-0.39, 0.29) is 43.4 Å². The number of carbonyl (C=O) groups excluding carboxylic acids is 2. The summed E-state index contributed by atoms with van der Waals surface area (Å²) in [6.07, 6.45) is 0.702. The molecule has 0 aromatic heterocycles. The van der Waals surface area contributed by atoms with Crippen molar-refractivity contribution in [2.24, 2.45) is 5.73 Å². The van der Waals surface area contributed by atoms with E-state index in [0.29, 0.717) is 12.2 Å². The molecule has 124 valence electrons. The van der Waals surface area contributed by atoms with Crippen molar-refractivity contribution in [3.8, 4) is 5.75 Å². The van der Waals surface area contributed by atoms with E-state index >= 15 is 0 Å². The van der Waals surface area contributed by atoms with E-state index in [1.807, 2.05) is 25.1 Å². The highest BCUT2D eigenvalue weighted by molar-refractivity contribution is 5.85. The number of rotatable bonds is 7. The zero-order valence-electron chi connectivity index (χ0n) is 13.2. The first kappa shape index (κ1) is 20.2. The van der Waals surface area contributed by atoms with Crippen LogP contribution in [-0.2, 0) is 9.59 Å². The van der Waals surface area contributed by atoms with Gasteiger partial charge in [0.25, 0.3) is 5.91 Å². The lowest BCUT2D eigenvalue weighted by Crippen LogP contribution is -2.34. The summed E-state index contributed by atoms with van der Waals surface area (Å²) in [5, 5.41) is 2.84. The molecule has 0 fully saturated rings. The monoisotopic (exact) mass is 329 g/mol. The number of para-hydroxylation sites is 1. The molecule has 0 aliphatic heterocycles. The SMILES string of the molecule is CCC(NC(=O)CN)c1ccccc1OCC(=O)N(C)C.Cl. The Bertz CT molecular complexity index is 495. The Labute approximate surface area is 137 Å². The number of nitrogens with two attached hydrogens (primary N) is 1. The van der Waals surface area contributed by atoms with Crippen LogP contribution in [-0.4, -0.2) is 44.0 Å². The highest BCUT2D eigenvalue weighted by Gasteiger charge is 2.17. The molecule has 1 aromatic rings. The van der Waals surface area contributed by atoms with Gasteiger partial charge >= 0.3 is 0 Å². The first-order valence-electron chi connectivity index (χ1n) is 6.90. The number of halogens is 1. The molecular weight excluding hydrogens is 306 g/mol. The zero-order valence-corrected chi connectivity index (χ0v) is 14.0. The Kier molecular flexibility index (Phi) is 9.21. The van der Waals surface area contributed by atoms with Crippen LogP contribution in [0.5, 0.6) is 5.75 Å². The maximum absolute atomic E-state index is 11.6. The lowest BCUT2D eigenvalue weighted by atomic mass is 10.0. The summed E-state index contributed by atoms with van der Waals surface area (Å²) < 4.78 is 5.58. The van der Waals surface area contributed by atoms with Crippen LogP contribution in [0.2, 0.25) is 0 Å². The van der Waals surface area contributed by atoms with Crippen LogP contribution >= 0.6 is 12.4 Å². The van der Waals surface area contributed by atoms with E-state index in [0.717, 1.165) is 5.56 Å². The van der Waals surface area contributed by atoms with Gasteiger partial charge in [0, 0.05) is 19.7 Å². The Morgan fingerprint density at radius 3 is 2.50 bits per heavy atom. The fourth-order valence-corrected chi connectivity index (χ4v) is 1.82. The molecule has 3 N–H and O–H groups in total. The molecule has 0 radical (unpaired) electrons. The lowest BCUT2D eigenvalue weighted by Gasteiger charge is -2.20. The van der Waals surface area contributed by atoms with Crippen molar-refractivity contribution in [1.29, 1.82) is 0 Å². The van der Waals surface area contributed by atoms with Crippen LogP contribution in [0.3, 0.4) is 0 Å². The number of nitrogens with one attached hydrogen (secondary N) is 1. The summed E-state index contributed by atoms with van der Waals surface area (Å²) in [4.78, 5) is 24.6. The quantitative estimate of drug-likeness (QED) is 0.784. The van der Waals surface area contributed by atoms with Gasteiger partial charge < -0.3 is 20.7 Å². The molecule has 0 spiro atoms. The number of hydrogen-bond donors (Lipinski definition) is 2. The molecule has 1 rings (SSSR count). The van der Waals surface area contributed by atoms with Crippen LogP contribution in [0.25, 0.3) is 0 Å². The molecule has 22 heavy (non-hydrogen) atoms. The van der Waals surface area contributed by atoms with Crippen LogP contribution in [0.15, 0.2) is 24.3 Å². The number of ether oxygens (including phenoxy) is 1. The molecule has 2 amide bonds. The van der Waals surface area contributed by atoms with Crippen LogP contribution in [0.4, 0.5) is 0 Å². The molecule has 0 saturated carbocycles. The molecular formula is C15H24ClN3O3. The zero-order chi connectivity index (χ0) is 15.8. The second-order valence-electron chi connectivity index (χ2n) is 4.85. The number of likely N-dealkylation sites (N-methyl/N-ethyl adjacent to an activating group) is 1. The average molecular weight is 330 g/mol. The molecule has 0 saturated heterocycles. The molecule has 7 heteroatoms. The highest BCUT2D eigenvalue weighted by Crippen LogP contribution is 2.27. The average Bonchev–Trinajstić information content (AvgIpc) is 2.50.